The van der Waals surface area contributed by atoms with Crippen LogP contribution in [-0.2, 0) is 4.74 Å². The summed E-state index contributed by atoms with van der Waals surface area (Å²) in [4.78, 5) is 15.4. The molecule has 0 saturated carbocycles. The van der Waals surface area contributed by atoms with Crippen LogP contribution in [-0.4, -0.2) is 49.7 Å². The van der Waals surface area contributed by atoms with Gasteiger partial charge >= 0.3 is 0 Å². The van der Waals surface area contributed by atoms with E-state index in [1.54, 1.807) is 0 Å². The second-order valence-electron chi connectivity index (χ2n) is 5.29. The van der Waals surface area contributed by atoms with Crippen LogP contribution in [0.4, 0.5) is 0 Å². The van der Waals surface area contributed by atoms with Gasteiger partial charge in [0.1, 0.15) is 0 Å². The van der Waals surface area contributed by atoms with Crippen LogP contribution in [0.25, 0.3) is 0 Å². The number of thiol groups is 1. The molecule has 5 heteroatoms. The van der Waals surface area contributed by atoms with E-state index < -0.39 is 0 Å². The summed E-state index contributed by atoms with van der Waals surface area (Å²) in [5, 5.41) is 3.06. The van der Waals surface area contributed by atoms with E-state index in [1.807, 2.05) is 32.0 Å². The number of amides is 1. The van der Waals surface area contributed by atoms with Crippen LogP contribution in [0.1, 0.15) is 22.8 Å². The number of nitrogens with zero attached hydrogens (tertiary/aromatic N) is 1. The molecule has 0 spiro atoms. The lowest BCUT2D eigenvalue weighted by Crippen LogP contribution is -2.46. The largest absolute Gasteiger partial charge is 0.379 e. The highest BCUT2D eigenvalue weighted by Gasteiger charge is 2.16. The average Bonchev–Trinajstić information content (AvgIpc) is 2.42. The summed E-state index contributed by atoms with van der Waals surface area (Å²) in [7, 11) is 0. The molecule has 1 N–H and O–H groups in total. The van der Waals surface area contributed by atoms with E-state index in [0.717, 1.165) is 43.3 Å². The maximum Gasteiger partial charge on any atom is 0.251 e. The molecule has 0 radical (unpaired) electrons. The number of benzene rings is 1. The van der Waals surface area contributed by atoms with Crippen molar-refractivity contribution in [2.24, 2.45) is 0 Å². The number of morpholine rings is 1. The van der Waals surface area contributed by atoms with Crippen LogP contribution >= 0.6 is 12.6 Å². The van der Waals surface area contributed by atoms with E-state index in [1.165, 1.54) is 0 Å². The molecule has 0 aromatic heterocycles. The number of carbonyl (C=O) groups excluding carboxylic acids is 1. The Bertz CT molecular complexity index is 473. The Morgan fingerprint density at radius 2 is 2.15 bits per heavy atom. The number of aryl methyl sites for hydroxylation is 1. The van der Waals surface area contributed by atoms with E-state index in [-0.39, 0.29) is 11.9 Å². The zero-order valence-corrected chi connectivity index (χ0v) is 13.0. The Balaban J connectivity index is 1.91. The molecular weight excluding hydrogens is 272 g/mol. The van der Waals surface area contributed by atoms with Crippen LogP contribution in [0.3, 0.4) is 0 Å². The zero-order chi connectivity index (χ0) is 14.5. The van der Waals surface area contributed by atoms with Crippen molar-refractivity contribution < 1.29 is 9.53 Å². The first-order chi connectivity index (χ1) is 9.56. The van der Waals surface area contributed by atoms with Crippen LogP contribution in [0, 0.1) is 6.92 Å². The number of carbonyl (C=O) groups is 1. The summed E-state index contributed by atoms with van der Waals surface area (Å²) in [5.41, 5.74) is 1.67. The van der Waals surface area contributed by atoms with E-state index in [9.17, 15) is 4.79 Å². The lowest BCUT2D eigenvalue weighted by molar-refractivity contribution is 0.0342. The molecule has 0 aliphatic carbocycles. The molecule has 4 nitrogen and oxygen atoms in total. The van der Waals surface area contributed by atoms with Crippen LogP contribution in [0.2, 0.25) is 0 Å². The van der Waals surface area contributed by atoms with Gasteiger partial charge in [-0.15, -0.1) is 12.6 Å². The van der Waals surface area contributed by atoms with E-state index in [4.69, 9.17) is 4.74 Å². The fourth-order valence-corrected chi connectivity index (χ4v) is 2.58. The number of rotatable bonds is 4. The molecule has 1 aromatic carbocycles. The van der Waals surface area contributed by atoms with Crippen molar-refractivity contribution in [2.75, 3.05) is 32.8 Å². The van der Waals surface area contributed by atoms with Gasteiger partial charge in [0, 0.05) is 36.1 Å². The average molecular weight is 294 g/mol. The van der Waals surface area contributed by atoms with Gasteiger partial charge in [0.15, 0.2) is 0 Å². The van der Waals surface area contributed by atoms with Gasteiger partial charge in [-0.2, -0.15) is 0 Å². The van der Waals surface area contributed by atoms with Crippen molar-refractivity contribution in [2.45, 2.75) is 24.8 Å². The first kappa shape index (κ1) is 15.4. The molecule has 1 aromatic rings. The fraction of sp³-hybridized carbons (Fsp3) is 0.533. The number of hydrogen-bond donors (Lipinski definition) is 2. The third-order valence-corrected chi connectivity index (χ3v) is 3.76. The topological polar surface area (TPSA) is 41.6 Å². The van der Waals surface area contributed by atoms with Crippen molar-refractivity contribution >= 4 is 18.5 Å². The van der Waals surface area contributed by atoms with Gasteiger partial charge < -0.3 is 10.1 Å². The van der Waals surface area contributed by atoms with Crippen molar-refractivity contribution in [3.8, 4) is 0 Å². The quantitative estimate of drug-likeness (QED) is 0.831. The third kappa shape index (κ3) is 4.23. The first-order valence-electron chi connectivity index (χ1n) is 6.97. The Hall–Kier alpha value is -1.04. The van der Waals surface area contributed by atoms with Gasteiger partial charge in [-0.3, -0.25) is 9.69 Å². The zero-order valence-electron chi connectivity index (χ0n) is 12.1. The van der Waals surface area contributed by atoms with E-state index in [0.29, 0.717) is 5.56 Å². The Morgan fingerprint density at radius 3 is 2.85 bits per heavy atom. The van der Waals surface area contributed by atoms with Crippen LogP contribution < -0.4 is 5.32 Å². The van der Waals surface area contributed by atoms with Crippen LogP contribution in [0.5, 0.6) is 0 Å². The van der Waals surface area contributed by atoms with Crippen molar-refractivity contribution in [1.29, 1.82) is 0 Å². The molecular formula is C15H22N2O2S. The highest BCUT2D eigenvalue weighted by Crippen LogP contribution is 2.14. The van der Waals surface area contributed by atoms with Gasteiger partial charge in [0.25, 0.3) is 5.91 Å². The SMILES string of the molecule is Cc1ccc(S)cc1C(=O)NC(C)CN1CCOCC1. The third-order valence-electron chi connectivity index (χ3n) is 3.48. The molecule has 1 fully saturated rings. The number of nitrogens with one attached hydrogen (secondary N) is 1. The standard InChI is InChI=1S/C15H22N2O2S/c1-11-3-4-13(20)9-14(11)15(18)16-12(2)10-17-5-7-19-8-6-17/h3-4,9,12,20H,5-8,10H2,1-2H3,(H,16,18). The summed E-state index contributed by atoms with van der Waals surface area (Å²) < 4.78 is 5.32. The summed E-state index contributed by atoms with van der Waals surface area (Å²) in [5.74, 6) is -0.0286. The summed E-state index contributed by atoms with van der Waals surface area (Å²) in [6.45, 7) is 8.26. The van der Waals surface area contributed by atoms with Gasteiger partial charge in [0.2, 0.25) is 0 Å². The lowest BCUT2D eigenvalue weighted by atomic mass is 10.1. The smallest absolute Gasteiger partial charge is 0.251 e. The minimum Gasteiger partial charge on any atom is -0.379 e. The molecule has 1 aliphatic rings. The molecule has 1 heterocycles. The molecule has 1 amide bonds. The molecule has 2 rings (SSSR count). The first-order valence-corrected chi connectivity index (χ1v) is 7.41. The van der Waals surface area contributed by atoms with Crippen LogP contribution in [0.15, 0.2) is 23.1 Å². The summed E-state index contributed by atoms with van der Waals surface area (Å²) in [6.07, 6.45) is 0. The van der Waals surface area contributed by atoms with Gasteiger partial charge in [-0.05, 0) is 31.5 Å². The van der Waals surface area contributed by atoms with Crippen molar-refractivity contribution in [3.63, 3.8) is 0 Å². The molecule has 0 bridgehead atoms. The molecule has 1 atom stereocenters. The summed E-state index contributed by atoms with van der Waals surface area (Å²) >= 11 is 4.29. The molecule has 1 unspecified atom stereocenters. The second kappa shape index (κ2) is 7.11. The predicted octanol–water partition coefficient (Wildman–Crippen LogP) is 1.73. The van der Waals surface area contributed by atoms with E-state index in [2.05, 4.69) is 22.8 Å². The maximum atomic E-state index is 12.3. The maximum absolute atomic E-state index is 12.3. The highest BCUT2D eigenvalue weighted by atomic mass is 32.1. The monoisotopic (exact) mass is 294 g/mol. The number of hydrogen-bond acceptors (Lipinski definition) is 4. The Morgan fingerprint density at radius 1 is 1.45 bits per heavy atom. The van der Waals surface area contributed by atoms with Crippen molar-refractivity contribution in [3.05, 3.63) is 29.3 Å². The molecule has 1 saturated heterocycles. The summed E-state index contributed by atoms with van der Waals surface area (Å²) in [6, 6.07) is 5.74. The normalized spacial score (nSPS) is 17.8. The minimum absolute atomic E-state index is 0.0286. The Labute approximate surface area is 125 Å². The van der Waals surface area contributed by atoms with Gasteiger partial charge in [0.05, 0.1) is 13.2 Å². The highest BCUT2D eigenvalue weighted by molar-refractivity contribution is 7.80. The van der Waals surface area contributed by atoms with Gasteiger partial charge in [-0.25, -0.2) is 0 Å². The van der Waals surface area contributed by atoms with Gasteiger partial charge in [-0.1, -0.05) is 6.07 Å². The molecule has 20 heavy (non-hydrogen) atoms. The second-order valence-corrected chi connectivity index (χ2v) is 5.80. The lowest BCUT2D eigenvalue weighted by Gasteiger charge is -2.29. The van der Waals surface area contributed by atoms with Crippen molar-refractivity contribution in [1.82, 2.24) is 10.2 Å². The predicted molar refractivity (Wildman–Crippen MR) is 82.6 cm³/mol. The number of ether oxygens (including phenoxy) is 1. The van der Waals surface area contributed by atoms with E-state index >= 15 is 0 Å². The molecule has 110 valence electrons. The Kier molecular flexibility index (Phi) is 5.46. The molecule has 1 aliphatic heterocycles. The fourth-order valence-electron chi connectivity index (χ4n) is 2.37. The minimum atomic E-state index is -0.0286.